The normalized spacial score (nSPS) is 10.6. The van der Waals surface area contributed by atoms with E-state index in [0.717, 1.165) is 23.5 Å². The van der Waals surface area contributed by atoms with Gasteiger partial charge in [0, 0.05) is 12.0 Å². The van der Waals surface area contributed by atoms with Crippen LogP contribution in [0.3, 0.4) is 0 Å². The molecule has 0 radical (unpaired) electrons. The van der Waals surface area contributed by atoms with Crippen molar-refractivity contribution in [3.05, 3.63) is 35.7 Å². The van der Waals surface area contributed by atoms with Gasteiger partial charge in [0.25, 0.3) is 0 Å². The lowest BCUT2D eigenvalue weighted by atomic mass is 10.1. The standard InChI is InChI=1S/C12H16N4/c1-3-10-15-11(12(13)16(10)14)9-6-4-5-8(2)7-9/h4-7H,3,13-14H2,1-2H3. The van der Waals surface area contributed by atoms with Crippen LogP contribution in [0.25, 0.3) is 11.3 Å². The van der Waals surface area contributed by atoms with Gasteiger partial charge in [0.1, 0.15) is 11.5 Å². The van der Waals surface area contributed by atoms with Gasteiger partial charge >= 0.3 is 0 Å². The van der Waals surface area contributed by atoms with Gasteiger partial charge in [-0.15, -0.1) is 0 Å². The minimum Gasteiger partial charge on any atom is -0.382 e. The number of aryl methyl sites for hydroxylation is 2. The highest BCUT2D eigenvalue weighted by molar-refractivity contribution is 5.71. The third-order valence-corrected chi connectivity index (χ3v) is 2.63. The second-order valence-corrected chi connectivity index (χ2v) is 3.85. The average molecular weight is 216 g/mol. The summed E-state index contributed by atoms with van der Waals surface area (Å²) in [5.74, 6) is 7.13. The molecule has 2 aromatic rings. The van der Waals surface area contributed by atoms with E-state index >= 15 is 0 Å². The summed E-state index contributed by atoms with van der Waals surface area (Å²) in [5, 5.41) is 0. The molecule has 0 spiro atoms. The molecule has 4 N–H and O–H groups in total. The van der Waals surface area contributed by atoms with Gasteiger partial charge in [0.15, 0.2) is 5.82 Å². The number of nitrogens with zero attached hydrogens (tertiary/aromatic N) is 2. The highest BCUT2D eigenvalue weighted by atomic mass is 15.4. The van der Waals surface area contributed by atoms with Gasteiger partial charge in [-0.25, -0.2) is 9.66 Å². The number of aromatic nitrogens is 2. The smallest absolute Gasteiger partial charge is 0.150 e. The number of nitrogens with two attached hydrogens (primary N) is 2. The second kappa shape index (κ2) is 3.89. The van der Waals surface area contributed by atoms with Crippen LogP contribution in [0.15, 0.2) is 24.3 Å². The van der Waals surface area contributed by atoms with Crippen molar-refractivity contribution in [1.82, 2.24) is 9.66 Å². The van der Waals surface area contributed by atoms with E-state index in [1.807, 2.05) is 32.0 Å². The van der Waals surface area contributed by atoms with Crippen LogP contribution in [0.1, 0.15) is 18.3 Å². The average Bonchev–Trinajstić information content (AvgIpc) is 2.56. The molecule has 1 aromatic carbocycles. The number of rotatable bonds is 2. The SMILES string of the molecule is CCc1nc(-c2cccc(C)c2)c(N)n1N. The van der Waals surface area contributed by atoms with Gasteiger partial charge in [-0.2, -0.15) is 0 Å². The lowest BCUT2D eigenvalue weighted by molar-refractivity contribution is 0.865. The molecule has 84 valence electrons. The topological polar surface area (TPSA) is 69.9 Å². The zero-order valence-corrected chi connectivity index (χ0v) is 9.57. The Bertz CT molecular complexity index is 514. The van der Waals surface area contributed by atoms with Crippen molar-refractivity contribution in [3.8, 4) is 11.3 Å². The van der Waals surface area contributed by atoms with Crippen LogP contribution in [0.5, 0.6) is 0 Å². The summed E-state index contributed by atoms with van der Waals surface area (Å²) in [4.78, 5) is 4.45. The van der Waals surface area contributed by atoms with Gasteiger partial charge in [-0.3, -0.25) is 0 Å². The van der Waals surface area contributed by atoms with E-state index in [9.17, 15) is 0 Å². The molecule has 0 fully saturated rings. The molecule has 0 saturated carbocycles. The number of imidazole rings is 1. The predicted octanol–water partition coefficient (Wildman–Crippen LogP) is 1.72. The first-order valence-corrected chi connectivity index (χ1v) is 5.32. The lowest BCUT2D eigenvalue weighted by Crippen LogP contribution is -2.14. The van der Waals surface area contributed by atoms with Crippen LogP contribution >= 0.6 is 0 Å². The minimum atomic E-state index is 0.516. The highest BCUT2D eigenvalue weighted by Crippen LogP contribution is 2.25. The molecule has 1 heterocycles. The van der Waals surface area contributed by atoms with Crippen molar-refractivity contribution in [2.45, 2.75) is 20.3 Å². The quantitative estimate of drug-likeness (QED) is 0.751. The Balaban J connectivity index is 2.56. The summed E-state index contributed by atoms with van der Waals surface area (Å²) in [6.45, 7) is 4.05. The highest BCUT2D eigenvalue weighted by Gasteiger charge is 2.12. The fraction of sp³-hybridized carbons (Fsp3) is 0.250. The number of anilines is 1. The second-order valence-electron chi connectivity index (χ2n) is 3.85. The monoisotopic (exact) mass is 216 g/mol. The van der Waals surface area contributed by atoms with Crippen molar-refractivity contribution in [2.75, 3.05) is 11.6 Å². The predicted molar refractivity (Wildman–Crippen MR) is 66.3 cm³/mol. The Morgan fingerprint density at radius 3 is 2.69 bits per heavy atom. The Hall–Kier alpha value is -1.97. The number of benzene rings is 1. The van der Waals surface area contributed by atoms with Gasteiger partial charge in [0.05, 0.1) is 0 Å². The van der Waals surface area contributed by atoms with E-state index in [2.05, 4.69) is 11.1 Å². The third kappa shape index (κ3) is 1.62. The lowest BCUT2D eigenvalue weighted by Gasteiger charge is -2.01. The molecule has 0 saturated heterocycles. The van der Waals surface area contributed by atoms with E-state index in [1.54, 1.807) is 0 Å². The molecule has 1 aromatic heterocycles. The van der Waals surface area contributed by atoms with Crippen molar-refractivity contribution >= 4 is 5.82 Å². The molecule has 0 aliphatic heterocycles. The summed E-state index contributed by atoms with van der Waals surface area (Å²) in [6, 6.07) is 8.08. The van der Waals surface area contributed by atoms with Crippen LogP contribution in [0.2, 0.25) is 0 Å². The summed E-state index contributed by atoms with van der Waals surface area (Å²) in [7, 11) is 0. The van der Waals surface area contributed by atoms with Crippen LogP contribution < -0.4 is 11.6 Å². The van der Waals surface area contributed by atoms with E-state index in [4.69, 9.17) is 11.6 Å². The number of nitrogen functional groups attached to an aromatic ring is 2. The van der Waals surface area contributed by atoms with E-state index < -0.39 is 0 Å². The van der Waals surface area contributed by atoms with Gasteiger partial charge < -0.3 is 11.6 Å². The summed E-state index contributed by atoms with van der Waals surface area (Å²) < 4.78 is 1.46. The molecular formula is C12H16N4. The molecule has 0 amide bonds. The minimum absolute atomic E-state index is 0.516. The van der Waals surface area contributed by atoms with Crippen molar-refractivity contribution in [3.63, 3.8) is 0 Å². The molecule has 2 rings (SSSR count). The fourth-order valence-electron chi connectivity index (χ4n) is 1.75. The third-order valence-electron chi connectivity index (χ3n) is 2.63. The summed E-state index contributed by atoms with van der Waals surface area (Å²) >= 11 is 0. The Labute approximate surface area is 94.9 Å². The zero-order valence-electron chi connectivity index (χ0n) is 9.57. The molecule has 0 bridgehead atoms. The first-order valence-electron chi connectivity index (χ1n) is 5.32. The molecule has 4 heteroatoms. The zero-order chi connectivity index (χ0) is 11.7. The van der Waals surface area contributed by atoms with Crippen LogP contribution in [0.4, 0.5) is 5.82 Å². The Morgan fingerprint density at radius 1 is 1.38 bits per heavy atom. The number of hydrogen-bond acceptors (Lipinski definition) is 3. The molecule has 0 aliphatic carbocycles. The van der Waals surface area contributed by atoms with Gasteiger partial charge in [0.2, 0.25) is 0 Å². The van der Waals surface area contributed by atoms with Crippen molar-refractivity contribution < 1.29 is 0 Å². The van der Waals surface area contributed by atoms with E-state index in [1.165, 1.54) is 10.2 Å². The molecule has 0 atom stereocenters. The van der Waals surface area contributed by atoms with Gasteiger partial charge in [-0.1, -0.05) is 30.7 Å². The first kappa shape index (κ1) is 10.5. The van der Waals surface area contributed by atoms with Crippen molar-refractivity contribution in [2.24, 2.45) is 0 Å². The fourth-order valence-corrected chi connectivity index (χ4v) is 1.75. The van der Waals surface area contributed by atoms with Crippen LogP contribution in [0, 0.1) is 6.92 Å². The van der Waals surface area contributed by atoms with Crippen molar-refractivity contribution in [1.29, 1.82) is 0 Å². The number of hydrogen-bond donors (Lipinski definition) is 2. The van der Waals surface area contributed by atoms with E-state index in [-0.39, 0.29) is 0 Å². The molecule has 0 unspecified atom stereocenters. The van der Waals surface area contributed by atoms with Crippen LogP contribution in [-0.2, 0) is 6.42 Å². The molecule has 0 aliphatic rings. The van der Waals surface area contributed by atoms with Gasteiger partial charge in [-0.05, 0) is 13.0 Å². The van der Waals surface area contributed by atoms with E-state index in [0.29, 0.717) is 5.82 Å². The molecule has 16 heavy (non-hydrogen) atoms. The Kier molecular flexibility index (Phi) is 2.56. The Morgan fingerprint density at radius 2 is 2.12 bits per heavy atom. The molecule has 4 nitrogen and oxygen atoms in total. The maximum absolute atomic E-state index is 5.94. The maximum atomic E-state index is 5.94. The molecular weight excluding hydrogens is 200 g/mol. The first-order chi connectivity index (χ1) is 7.63. The summed E-state index contributed by atoms with van der Waals surface area (Å²) in [6.07, 6.45) is 0.770. The maximum Gasteiger partial charge on any atom is 0.150 e. The van der Waals surface area contributed by atoms with Crippen LogP contribution in [-0.4, -0.2) is 9.66 Å². The largest absolute Gasteiger partial charge is 0.382 e. The summed E-state index contributed by atoms with van der Waals surface area (Å²) in [5.41, 5.74) is 8.90.